The number of hydrogen-bond donors (Lipinski definition) is 0. The molecular formula is C56H41N. The predicted molar refractivity (Wildman–Crippen MR) is 239 cm³/mol. The van der Waals surface area contributed by atoms with Crippen LogP contribution in [0, 0.1) is 0 Å². The first-order chi connectivity index (χ1) is 29.7. The highest BCUT2D eigenvalue weighted by atomic mass is 15.1. The second kappa shape index (κ2) is 12.8. The molecule has 2 aliphatic rings. The summed E-state index contributed by atoms with van der Waals surface area (Å²) < 4.78 is 38.6. The third-order valence-electron chi connectivity index (χ3n) is 12.4. The fourth-order valence-corrected chi connectivity index (χ4v) is 9.83. The molecular weight excluding hydrogens is 687 g/mol. The van der Waals surface area contributed by atoms with Crippen molar-refractivity contribution in [3.05, 3.63) is 246 Å². The minimum absolute atomic E-state index is 0.0339. The van der Waals surface area contributed by atoms with E-state index in [1.54, 1.807) is 0 Å². The molecule has 0 aliphatic heterocycles. The Morgan fingerprint density at radius 3 is 1.67 bits per heavy atom. The van der Waals surface area contributed by atoms with Crippen molar-refractivity contribution in [1.82, 2.24) is 0 Å². The van der Waals surface area contributed by atoms with Gasteiger partial charge in [0.1, 0.15) is 0 Å². The SMILES string of the molecule is [2H]c1c([2H])c(-c2cccc3ccccc23)c([2H])c(N(c2ccc3c(c2)C(C)(C)c2ccccc2-3)c2ccc3c(c2)C(c2ccccc2)(c2ccccc2)c2ccccc2-3)c1[2H]. The Balaban J connectivity index is 1.23. The molecule has 0 saturated carbocycles. The molecule has 0 atom stereocenters. The number of fused-ring (bicyclic) bond motifs is 7. The maximum atomic E-state index is 10.1. The standard InChI is InChI=1S/C56H41N/c1-55(2)51-29-13-11-26-47(51)49-33-31-43(36-53(49)55)57(42-24-15-19-39(35-42)46-28-16-18-38-17-9-10-25-45(38)46)44-32-34-50-48-27-12-14-30-52(48)56(54(50)37-44,40-20-5-3-6-21-40)41-22-7-4-8-23-41/h3-37H,1-2H3/i15D,19D,24D,35D. The van der Waals surface area contributed by atoms with Crippen LogP contribution in [-0.2, 0) is 10.8 Å². The molecule has 0 unspecified atom stereocenters. The summed E-state index contributed by atoms with van der Waals surface area (Å²) in [7, 11) is 0. The zero-order valence-electron chi connectivity index (χ0n) is 35.8. The fourth-order valence-electron chi connectivity index (χ4n) is 9.83. The summed E-state index contributed by atoms with van der Waals surface area (Å²) in [6, 6.07) is 65.0. The maximum Gasteiger partial charge on any atom is 0.0714 e. The van der Waals surface area contributed by atoms with Gasteiger partial charge in [0.25, 0.3) is 0 Å². The number of rotatable bonds is 6. The molecule has 1 nitrogen and oxygen atoms in total. The van der Waals surface area contributed by atoms with E-state index >= 15 is 0 Å². The third kappa shape index (κ3) is 4.95. The van der Waals surface area contributed by atoms with E-state index in [2.05, 4.69) is 159 Å². The molecule has 57 heavy (non-hydrogen) atoms. The largest absolute Gasteiger partial charge is 0.310 e. The molecule has 0 saturated heterocycles. The average molecular weight is 732 g/mol. The monoisotopic (exact) mass is 731 g/mol. The summed E-state index contributed by atoms with van der Waals surface area (Å²) in [5.41, 5.74) is 13.5. The first kappa shape index (κ1) is 29.3. The van der Waals surface area contributed by atoms with Gasteiger partial charge in [0.15, 0.2) is 0 Å². The van der Waals surface area contributed by atoms with Crippen LogP contribution < -0.4 is 4.90 Å². The molecule has 2 aliphatic carbocycles. The number of nitrogens with zero attached hydrogens (tertiary/aromatic N) is 1. The Morgan fingerprint density at radius 2 is 0.947 bits per heavy atom. The van der Waals surface area contributed by atoms with Crippen LogP contribution in [0.1, 0.15) is 52.7 Å². The minimum Gasteiger partial charge on any atom is -0.310 e. The Kier molecular flexibility index (Phi) is 6.59. The van der Waals surface area contributed by atoms with Gasteiger partial charge in [-0.2, -0.15) is 0 Å². The van der Waals surface area contributed by atoms with Crippen molar-refractivity contribution >= 4 is 27.8 Å². The van der Waals surface area contributed by atoms with Crippen molar-refractivity contribution in [2.75, 3.05) is 4.90 Å². The summed E-state index contributed by atoms with van der Waals surface area (Å²) in [6.07, 6.45) is 0. The van der Waals surface area contributed by atoms with Gasteiger partial charge in [0.05, 0.1) is 10.9 Å². The quantitative estimate of drug-likeness (QED) is 0.165. The highest BCUT2D eigenvalue weighted by Crippen LogP contribution is 2.58. The van der Waals surface area contributed by atoms with Crippen molar-refractivity contribution < 1.29 is 5.48 Å². The van der Waals surface area contributed by atoms with Gasteiger partial charge in [0, 0.05) is 22.5 Å². The second-order valence-corrected chi connectivity index (χ2v) is 15.7. The van der Waals surface area contributed by atoms with Crippen molar-refractivity contribution in [3.63, 3.8) is 0 Å². The van der Waals surface area contributed by atoms with E-state index in [4.69, 9.17) is 0 Å². The van der Waals surface area contributed by atoms with Crippen LogP contribution in [0.5, 0.6) is 0 Å². The normalized spacial score (nSPS) is 15.1. The Bertz CT molecular complexity index is 3180. The van der Waals surface area contributed by atoms with Gasteiger partial charge in [-0.05, 0) is 114 Å². The Morgan fingerprint density at radius 1 is 0.421 bits per heavy atom. The topological polar surface area (TPSA) is 3.24 Å². The van der Waals surface area contributed by atoms with Crippen molar-refractivity contribution in [1.29, 1.82) is 0 Å². The lowest BCUT2D eigenvalue weighted by atomic mass is 9.67. The van der Waals surface area contributed by atoms with Crippen LogP contribution in [0.25, 0.3) is 44.2 Å². The molecule has 270 valence electrons. The van der Waals surface area contributed by atoms with Gasteiger partial charge in [-0.25, -0.2) is 0 Å². The van der Waals surface area contributed by atoms with E-state index in [9.17, 15) is 5.48 Å². The average Bonchev–Trinajstić information content (AvgIpc) is 3.72. The zero-order valence-corrected chi connectivity index (χ0v) is 31.8. The fraction of sp³-hybridized carbons (Fsp3) is 0.0714. The molecule has 0 heterocycles. The van der Waals surface area contributed by atoms with Gasteiger partial charge >= 0.3 is 0 Å². The molecule has 11 rings (SSSR count). The van der Waals surface area contributed by atoms with E-state index in [0.29, 0.717) is 11.1 Å². The lowest BCUT2D eigenvalue weighted by Gasteiger charge is -2.35. The molecule has 0 N–H and O–H groups in total. The van der Waals surface area contributed by atoms with E-state index in [1.165, 1.54) is 16.7 Å². The van der Waals surface area contributed by atoms with Gasteiger partial charge < -0.3 is 4.90 Å². The summed E-state index contributed by atoms with van der Waals surface area (Å²) in [6.45, 7) is 4.52. The maximum absolute atomic E-state index is 10.1. The van der Waals surface area contributed by atoms with Gasteiger partial charge in [-0.1, -0.05) is 190 Å². The van der Waals surface area contributed by atoms with Gasteiger partial charge in [-0.3, -0.25) is 0 Å². The first-order valence-electron chi connectivity index (χ1n) is 21.7. The van der Waals surface area contributed by atoms with Crippen LogP contribution in [0.4, 0.5) is 17.1 Å². The molecule has 1 heteroatoms. The smallest absolute Gasteiger partial charge is 0.0714 e. The Hall–Kier alpha value is -6.96. The van der Waals surface area contributed by atoms with E-state index < -0.39 is 5.41 Å². The summed E-state index contributed by atoms with van der Waals surface area (Å²) in [4.78, 5) is 2.01. The molecule has 9 aromatic carbocycles. The first-order valence-corrected chi connectivity index (χ1v) is 19.7. The molecule has 0 radical (unpaired) electrons. The minimum atomic E-state index is -0.676. The summed E-state index contributed by atoms with van der Waals surface area (Å²) in [5, 5.41) is 1.87. The van der Waals surface area contributed by atoms with Crippen LogP contribution in [0.15, 0.2) is 212 Å². The lowest BCUT2D eigenvalue weighted by molar-refractivity contribution is 0.660. The molecule has 9 aromatic rings. The number of hydrogen-bond acceptors (Lipinski definition) is 1. The molecule has 0 spiro atoms. The third-order valence-corrected chi connectivity index (χ3v) is 12.4. The molecule has 0 bridgehead atoms. The van der Waals surface area contributed by atoms with E-state index in [-0.39, 0.29) is 35.3 Å². The van der Waals surface area contributed by atoms with Crippen LogP contribution in [0.2, 0.25) is 0 Å². The zero-order chi connectivity index (χ0) is 41.6. The van der Waals surface area contributed by atoms with Crippen molar-refractivity contribution in [3.8, 4) is 33.4 Å². The highest BCUT2D eigenvalue weighted by molar-refractivity contribution is 5.98. The van der Waals surface area contributed by atoms with E-state index in [0.717, 1.165) is 61.1 Å². The lowest BCUT2D eigenvalue weighted by Crippen LogP contribution is -2.28. The second-order valence-electron chi connectivity index (χ2n) is 15.7. The molecule has 0 amide bonds. The molecule has 0 fully saturated rings. The van der Waals surface area contributed by atoms with Crippen molar-refractivity contribution in [2.24, 2.45) is 0 Å². The predicted octanol–water partition coefficient (Wildman–Crippen LogP) is 14.6. The Labute approximate surface area is 340 Å². The van der Waals surface area contributed by atoms with Gasteiger partial charge in [0.2, 0.25) is 0 Å². The van der Waals surface area contributed by atoms with E-state index in [1.807, 2.05) is 47.4 Å². The number of benzene rings is 9. The number of anilines is 3. The molecule has 0 aromatic heterocycles. The van der Waals surface area contributed by atoms with Crippen LogP contribution in [-0.4, -0.2) is 0 Å². The van der Waals surface area contributed by atoms with Crippen LogP contribution >= 0.6 is 0 Å². The summed E-state index contributed by atoms with van der Waals surface area (Å²) >= 11 is 0. The summed E-state index contributed by atoms with van der Waals surface area (Å²) in [5.74, 6) is 0. The highest BCUT2D eigenvalue weighted by Gasteiger charge is 2.46. The van der Waals surface area contributed by atoms with Crippen LogP contribution in [0.3, 0.4) is 0 Å². The van der Waals surface area contributed by atoms with Gasteiger partial charge in [-0.15, -0.1) is 0 Å². The van der Waals surface area contributed by atoms with Crippen molar-refractivity contribution in [2.45, 2.75) is 24.7 Å².